The quantitative estimate of drug-likeness (QED) is 0.148. The van der Waals surface area contributed by atoms with Crippen molar-refractivity contribution in [3.8, 4) is 5.75 Å². The summed E-state index contributed by atoms with van der Waals surface area (Å²) in [5.41, 5.74) is 3.60. The molecule has 37 heavy (non-hydrogen) atoms. The smallest absolute Gasteiger partial charge is 0.333 e. The Morgan fingerprint density at radius 3 is 2.57 bits per heavy atom. The van der Waals surface area contributed by atoms with Crippen molar-refractivity contribution < 1.29 is 19.1 Å². The zero-order valence-corrected chi connectivity index (χ0v) is 23.7. The Bertz CT molecular complexity index is 1340. The molecule has 1 amide bonds. The minimum absolute atomic E-state index is 0.270. The number of halogens is 1. The Labute approximate surface area is 235 Å². The molecule has 8 heteroatoms. The van der Waals surface area contributed by atoms with Gasteiger partial charge >= 0.3 is 5.97 Å². The van der Waals surface area contributed by atoms with Gasteiger partial charge in [0, 0.05) is 10.0 Å². The summed E-state index contributed by atoms with van der Waals surface area (Å²) in [6.07, 6.45) is 2.44. The zero-order valence-electron chi connectivity index (χ0n) is 20.5. The number of ether oxygens (including phenoxy) is 2. The van der Waals surface area contributed by atoms with E-state index in [1.807, 2.05) is 74.5 Å². The van der Waals surface area contributed by atoms with E-state index in [-0.39, 0.29) is 12.5 Å². The van der Waals surface area contributed by atoms with Crippen molar-refractivity contribution in [3.63, 3.8) is 0 Å². The highest BCUT2D eigenvalue weighted by atomic mass is 79.9. The molecule has 1 saturated heterocycles. The first-order chi connectivity index (χ1) is 17.9. The summed E-state index contributed by atoms with van der Waals surface area (Å²) in [7, 11) is 0. The van der Waals surface area contributed by atoms with Crippen molar-refractivity contribution in [2.24, 2.45) is 0 Å². The standard InChI is InChI=1S/C29H26BrNO4S2/c1-3-15-34-28(33)26(20-10-5-4-6-11-20)31-27(32)25(37-29(31)36)17-22-16-23(30)13-14-24(22)35-18-21-12-8-7-9-19(21)2/h4-14,16-17,26H,3,15,18H2,1-2H3/b25-17+. The highest BCUT2D eigenvalue weighted by Gasteiger charge is 2.42. The molecule has 3 aromatic carbocycles. The molecular weight excluding hydrogens is 570 g/mol. The molecule has 1 unspecified atom stereocenters. The first kappa shape index (κ1) is 27.1. The summed E-state index contributed by atoms with van der Waals surface area (Å²) in [6, 6.07) is 21.8. The number of esters is 1. The van der Waals surface area contributed by atoms with Crippen molar-refractivity contribution in [1.29, 1.82) is 0 Å². The number of amides is 1. The van der Waals surface area contributed by atoms with Crippen LogP contribution in [0.2, 0.25) is 0 Å². The lowest BCUT2D eigenvalue weighted by Crippen LogP contribution is -2.38. The van der Waals surface area contributed by atoms with Gasteiger partial charge in [0.1, 0.15) is 16.7 Å². The summed E-state index contributed by atoms with van der Waals surface area (Å²) < 4.78 is 12.7. The molecule has 190 valence electrons. The van der Waals surface area contributed by atoms with Gasteiger partial charge in [0.2, 0.25) is 0 Å². The topological polar surface area (TPSA) is 55.8 Å². The average molecular weight is 597 g/mol. The molecule has 3 aromatic rings. The van der Waals surface area contributed by atoms with E-state index in [9.17, 15) is 9.59 Å². The van der Waals surface area contributed by atoms with Crippen molar-refractivity contribution in [2.75, 3.05) is 6.61 Å². The van der Waals surface area contributed by atoms with Crippen molar-refractivity contribution in [3.05, 3.63) is 104 Å². The van der Waals surface area contributed by atoms with Gasteiger partial charge in [-0.25, -0.2) is 4.79 Å². The van der Waals surface area contributed by atoms with Crippen LogP contribution in [0.15, 0.2) is 82.2 Å². The number of rotatable bonds is 9. The van der Waals surface area contributed by atoms with Crippen LogP contribution in [0.3, 0.4) is 0 Å². The van der Waals surface area contributed by atoms with E-state index in [0.29, 0.717) is 33.6 Å². The monoisotopic (exact) mass is 595 g/mol. The second-order valence-electron chi connectivity index (χ2n) is 8.43. The van der Waals surface area contributed by atoms with Crippen molar-refractivity contribution in [2.45, 2.75) is 32.9 Å². The number of nitrogens with zero attached hydrogens (tertiary/aromatic N) is 1. The van der Waals surface area contributed by atoms with E-state index in [0.717, 1.165) is 32.9 Å². The third kappa shape index (κ3) is 6.50. The van der Waals surface area contributed by atoms with E-state index < -0.39 is 12.0 Å². The summed E-state index contributed by atoms with van der Waals surface area (Å²) in [6.45, 7) is 4.63. The number of benzene rings is 3. The molecule has 1 atom stereocenters. The Morgan fingerprint density at radius 1 is 1.11 bits per heavy atom. The van der Waals surface area contributed by atoms with E-state index in [1.54, 1.807) is 18.2 Å². The predicted molar refractivity (Wildman–Crippen MR) is 155 cm³/mol. The molecule has 0 bridgehead atoms. The maximum atomic E-state index is 13.6. The molecule has 1 aliphatic rings. The molecule has 1 fully saturated rings. The predicted octanol–water partition coefficient (Wildman–Crippen LogP) is 7.23. The molecule has 4 rings (SSSR count). The van der Waals surface area contributed by atoms with Crippen LogP contribution < -0.4 is 4.74 Å². The van der Waals surface area contributed by atoms with Crippen molar-refractivity contribution >= 4 is 62.2 Å². The third-order valence-corrected chi connectivity index (χ3v) is 7.60. The molecule has 0 aromatic heterocycles. The van der Waals surface area contributed by atoms with Crippen LogP contribution in [0.1, 0.15) is 41.6 Å². The minimum atomic E-state index is -0.953. The third-order valence-electron chi connectivity index (χ3n) is 5.77. The Morgan fingerprint density at radius 2 is 1.84 bits per heavy atom. The van der Waals surface area contributed by atoms with Gasteiger partial charge in [0.15, 0.2) is 6.04 Å². The first-order valence-corrected chi connectivity index (χ1v) is 13.9. The highest BCUT2D eigenvalue weighted by molar-refractivity contribution is 9.10. The van der Waals surface area contributed by atoms with Gasteiger partial charge in [-0.1, -0.05) is 101 Å². The molecule has 5 nitrogen and oxygen atoms in total. The van der Waals surface area contributed by atoms with Crippen LogP contribution in [0, 0.1) is 6.92 Å². The number of thiocarbonyl (C=S) groups is 1. The maximum absolute atomic E-state index is 13.6. The van der Waals surface area contributed by atoms with Crippen LogP contribution in [0.4, 0.5) is 0 Å². The maximum Gasteiger partial charge on any atom is 0.333 e. The van der Waals surface area contributed by atoms with Crippen LogP contribution in [-0.2, 0) is 20.9 Å². The molecular formula is C29H26BrNO4S2. The lowest BCUT2D eigenvalue weighted by atomic mass is 10.1. The summed E-state index contributed by atoms with van der Waals surface area (Å²) in [4.78, 5) is 28.4. The van der Waals surface area contributed by atoms with Gasteiger partial charge < -0.3 is 9.47 Å². The van der Waals surface area contributed by atoms with Crippen LogP contribution in [0.25, 0.3) is 6.08 Å². The Balaban J connectivity index is 1.64. The van der Waals surface area contributed by atoms with Crippen molar-refractivity contribution in [1.82, 2.24) is 4.90 Å². The Hall–Kier alpha value is -2.94. The van der Waals surface area contributed by atoms with Gasteiger partial charge in [-0.15, -0.1) is 0 Å². The fourth-order valence-electron chi connectivity index (χ4n) is 3.84. The lowest BCUT2D eigenvalue weighted by molar-refractivity contribution is -0.151. The second kappa shape index (κ2) is 12.5. The van der Waals surface area contributed by atoms with Gasteiger partial charge in [0.25, 0.3) is 5.91 Å². The number of hydrogen-bond donors (Lipinski definition) is 0. The SMILES string of the molecule is CCCOC(=O)C(c1ccccc1)N1C(=O)/C(=C\c2cc(Br)ccc2OCc2ccccc2C)SC1=S. The molecule has 0 spiro atoms. The van der Waals surface area contributed by atoms with Crippen LogP contribution in [0.5, 0.6) is 5.75 Å². The fourth-order valence-corrected chi connectivity index (χ4v) is 5.52. The molecule has 0 N–H and O–H groups in total. The summed E-state index contributed by atoms with van der Waals surface area (Å²) in [5, 5.41) is 0. The fraction of sp³-hybridized carbons (Fsp3) is 0.207. The zero-order chi connectivity index (χ0) is 26.4. The minimum Gasteiger partial charge on any atom is -0.488 e. The first-order valence-electron chi connectivity index (χ1n) is 11.8. The van der Waals surface area contributed by atoms with Crippen LogP contribution in [-0.4, -0.2) is 27.7 Å². The number of aryl methyl sites for hydroxylation is 1. The number of thioether (sulfide) groups is 1. The number of carbonyl (C=O) groups is 2. The summed E-state index contributed by atoms with van der Waals surface area (Å²) >= 11 is 10.3. The van der Waals surface area contributed by atoms with Gasteiger partial charge in [0.05, 0.1) is 11.5 Å². The number of carbonyl (C=O) groups excluding carboxylic acids is 2. The van der Waals surface area contributed by atoms with Crippen LogP contribution >= 0.6 is 39.9 Å². The van der Waals surface area contributed by atoms with E-state index in [1.165, 1.54) is 4.90 Å². The van der Waals surface area contributed by atoms with E-state index >= 15 is 0 Å². The molecule has 1 heterocycles. The number of hydrogen-bond acceptors (Lipinski definition) is 6. The largest absolute Gasteiger partial charge is 0.488 e. The van der Waals surface area contributed by atoms with Gasteiger partial charge in [-0.05, 0) is 54.3 Å². The molecule has 0 saturated carbocycles. The average Bonchev–Trinajstić information content (AvgIpc) is 3.16. The molecule has 0 aliphatic carbocycles. The van der Waals surface area contributed by atoms with Gasteiger partial charge in [-0.3, -0.25) is 9.69 Å². The normalized spacial score (nSPS) is 15.2. The van der Waals surface area contributed by atoms with E-state index in [4.69, 9.17) is 21.7 Å². The lowest BCUT2D eigenvalue weighted by Gasteiger charge is -2.25. The second-order valence-corrected chi connectivity index (χ2v) is 11.0. The molecule has 1 aliphatic heterocycles. The van der Waals surface area contributed by atoms with E-state index in [2.05, 4.69) is 15.9 Å². The molecule has 0 radical (unpaired) electrons. The summed E-state index contributed by atoms with van der Waals surface area (Å²) in [5.74, 6) is -0.212. The highest BCUT2D eigenvalue weighted by Crippen LogP contribution is 2.40. The van der Waals surface area contributed by atoms with Gasteiger partial charge in [-0.2, -0.15) is 0 Å². The Kier molecular flexibility index (Phi) is 9.18.